The maximum Gasteiger partial charge on any atom is 0.263 e. The Bertz CT molecular complexity index is 1250. The average Bonchev–Trinajstić information content (AvgIpc) is 2.87. The summed E-state index contributed by atoms with van der Waals surface area (Å²) in [5.74, 6) is 0.675. The van der Waals surface area contributed by atoms with Crippen LogP contribution in [0, 0.1) is 6.92 Å². The van der Waals surface area contributed by atoms with Crippen molar-refractivity contribution < 1.29 is 9.53 Å². The van der Waals surface area contributed by atoms with Crippen molar-refractivity contribution in [3.05, 3.63) is 69.8 Å². The molecule has 34 heavy (non-hydrogen) atoms. The minimum Gasteiger partial charge on any atom is -0.474 e. The minimum atomic E-state index is -0.472. The molecular formula is C26H29N5O3. The third-order valence-corrected chi connectivity index (χ3v) is 6.65. The van der Waals surface area contributed by atoms with Crippen LogP contribution in [0.15, 0.2) is 47.5 Å². The topological polar surface area (TPSA) is 108 Å². The van der Waals surface area contributed by atoms with Gasteiger partial charge in [-0.2, -0.15) is 0 Å². The van der Waals surface area contributed by atoms with E-state index in [-0.39, 0.29) is 5.56 Å². The second kappa shape index (κ2) is 9.59. The van der Waals surface area contributed by atoms with Crippen molar-refractivity contribution in [2.45, 2.75) is 44.9 Å². The molecule has 5 rings (SSSR count). The molecule has 1 aliphatic carbocycles. The Hall–Kier alpha value is -3.81. The van der Waals surface area contributed by atoms with Crippen molar-refractivity contribution >= 4 is 28.7 Å². The number of rotatable bonds is 5. The van der Waals surface area contributed by atoms with Gasteiger partial charge in [0.15, 0.2) is 0 Å². The van der Waals surface area contributed by atoms with Crippen LogP contribution in [0.2, 0.25) is 0 Å². The van der Waals surface area contributed by atoms with Gasteiger partial charge in [-0.1, -0.05) is 31.4 Å². The number of carbonyl (C=O) groups excluding carboxylic acids is 1. The van der Waals surface area contributed by atoms with Crippen molar-refractivity contribution in [3.8, 4) is 5.88 Å². The Kier molecular flexibility index (Phi) is 6.20. The van der Waals surface area contributed by atoms with Crippen LogP contribution in [0.3, 0.4) is 0 Å². The monoisotopic (exact) mass is 459 g/mol. The van der Waals surface area contributed by atoms with E-state index >= 15 is 0 Å². The van der Waals surface area contributed by atoms with Crippen LogP contribution in [0.5, 0.6) is 5.88 Å². The zero-order valence-electron chi connectivity index (χ0n) is 19.2. The molecule has 0 atom stereocenters. The summed E-state index contributed by atoms with van der Waals surface area (Å²) in [6.45, 7) is 3.19. The minimum absolute atomic E-state index is 0.0141. The van der Waals surface area contributed by atoms with Crippen molar-refractivity contribution in [3.63, 3.8) is 0 Å². The van der Waals surface area contributed by atoms with Crippen LogP contribution in [0.4, 0.5) is 22.7 Å². The molecule has 4 N–H and O–H groups in total. The second-order valence-electron chi connectivity index (χ2n) is 8.88. The maximum absolute atomic E-state index is 13.1. The molecule has 0 saturated heterocycles. The molecule has 176 valence electrons. The number of H-pyrrole nitrogens is 1. The summed E-state index contributed by atoms with van der Waals surface area (Å²) in [5, 5.41) is 9.38. The molecule has 0 radical (unpaired) electrons. The number of nitrogens with zero attached hydrogens (tertiary/aromatic N) is 1. The van der Waals surface area contributed by atoms with Gasteiger partial charge in [0.1, 0.15) is 17.9 Å². The standard InChI is InChI=1S/C26H29N5O3/c1-16-21(15-29-26-23(16)27-13-14-34-26)31-20-11-12-28-24(32)22(20)25(33)30-19-9-7-18(8-10-19)17-5-3-2-4-6-17/h7-12,15,17,27H,2-6,13-14H2,1H3,(H,30,33)(H2,28,31,32). The number of ether oxygens (including phenoxy) is 1. The number of benzene rings is 1. The number of anilines is 4. The molecule has 1 aliphatic heterocycles. The lowest BCUT2D eigenvalue weighted by molar-refractivity contribution is 0.102. The van der Waals surface area contributed by atoms with E-state index in [1.807, 2.05) is 19.1 Å². The van der Waals surface area contributed by atoms with Gasteiger partial charge in [0, 0.05) is 24.0 Å². The van der Waals surface area contributed by atoms with Crippen LogP contribution in [0.1, 0.15) is 59.5 Å². The van der Waals surface area contributed by atoms with Gasteiger partial charge in [0.05, 0.1) is 17.6 Å². The largest absolute Gasteiger partial charge is 0.474 e. The van der Waals surface area contributed by atoms with Gasteiger partial charge >= 0.3 is 0 Å². The first-order chi connectivity index (χ1) is 16.6. The normalized spacial score (nSPS) is 15.6. The van der Waals surface area contributed by atoms with Crippen LogP contribution in [-0.4, -0.2) is 29.0 Å². The van der Waals surface area contributed by atoms with Crippen LogP contribution >= 0.6 is 0 Å². The highest BCUT2D eigenvalue weighted by Crippen LogP contribution is 2.35. The third-order valence-electron chi connectivity index (χ3n) is 6.65. The fourth-order valence-electron chi connectivity index (χ4n) is 4.77. The SMILES string of the molecule is Cc1c(Nc2cc[nH]c(=O)c2C(=O)Nc2ccc(C3CCCCC3)cc2)cnc2c1NCCO2. The third kappa shape index (κ3) is 4.48. The van der Waals surface area contributed by atoms with Crippen molar-refractivity contribution in [2.24, 2.45) is 0 Å². The average molecular weight is 460 g/mol. The van der Waals surface area contributed by atoms with Crippen molar-refractivity contribution in [1.29, 1.82) is 0 Å². The number of nitrogens with one attached hydrogen (secondary N) is 4. The van der Waals surface area contributed by atoms with E-state index in [2.05, 4.69) is 38.1 Å². The Balaban J connectivity index is 1.36. The molecule has 3 heterocycles. The highest BCUT2D eigenvalue weighted by molar-refractivity contribution is 6.08. The van der Waals surface area contributed by atoms with E-state index in [1.54, 1.807) is 12.3 Å². The Morgan fingerprint density at radius 2 is 1.88 bits per heavy atom. The molecule has 8 heteroatoms. The highest BCUT2D eigenvalue weighted by Gasteiger charge is 2.21. The number of aromatic amines is 1. The smallest absolute Gasteiger partial charge is 0.263 e. The van der Waals surface area contributed by atoms with Gasteiger partial charge in [-0.3, -0.25) is 9.59 Å². The lowest BCUT2D eigenvalue weighted by Gasteiger charge is -2.22. The first kappa shape index (κ1) is 22.0. The van der Waals surface area contributed by atoms with E-state index in [0.29, 0.717) is 42.0 Å². The molecule has 1 amide bonds. The second-order valence-corrected chi connectivity index (χ2v) is 8.88. The number of hydrogen-bond donors (Lipinski definition) is 4. The molecule has 0 bridgehead atoms. The molecule has 0 unspecified atom stereocenters. The van der Waals surface area contributed by atoms with Crippen LogP contribution in [0.25, 0.3) is 0 Å². The Labute approximate surface area is 198 Å². The molecule has 1 aromatic carbocycles. The van der Waals surface area contributed by atoms with E-state index in [9.17, 15) is 9.59 Å². The summed E-state index contributed by atoms with van der Waals surface area (Å²) < 4.78 is 5.58. The zero-order valence-corrected chi connectivity index (χ0v) is 19.2. The molecule has 1 saturated carbocycles. The van der Waals surface area contributed by atoms with E-state index in [4.69, 9.17) is 4.74 Å². The van der Waals surface area contributed by atoms with Gasteiger partial charge < -0.3 is 25.7 Å². The molecule has 3 aromatic rings. The van der Waals surface area contributed by atoms with Gasteiger partial charge in [0.25, 0.3) is 11.5 Å². The fourth-order valence-corrected chi connectivity index (χ4v) is 4.77. The number of fused-ring (bicyclic) bond motifs is 1. The van der Waals surface area contributed by atoms with E-state index < -0.39 is 11.5 Å². The predicted octanol–water partition coefficient (Wildman–Crippen LogP) is 4.93. The zero-order chi connectivity index (χ0) is 23.5. The quantitative estimate of drug-likeness (QED) is 0.431. The molecular weight excluding hydrogens is 430 g/mol. The summed E-state index contributed by atoms with van der Waals surface area (Å²) in [7, 11) is 0. The molecule has 0 spiro atoms. The van der Waals surface area contributed by atoms with Gasteiger partial charge in [-0.25, -0.2) is 4.98 Å². The lowest BCUT2D eigenvalue weighted by Crippen LogP contribution is -2.25. The summed E-state index contributed by atoms with van der Waals surface area (Å²) >= 11 is 0. The fraction of sp³-hybridized carbons (Fsp3) is 0.346. The van der Waals surface area contributed by atoms with Crippen LogP contribution < -0.4 is 26.2 Å². The Morgan fingerprint density at radius 3 is 2.68 bits per heavy atom. The highest BCUT2D eigenvalue weighted by atomic mass is 16.5. The first-order valence-electron chi connectivity index (χ1n) is 11.9. The number of hydrogen-bond acceptors (Lipinski definition) is 6. The Morgan fingerprint density at radius 1 is 1.09 bits per heavy atom. The summed E-state index contributed by atoms with van der Waals surface area (Å²) in [6, 6.07) is 9.66. The van der Waals surface area contributed by atoms with Crippen molar-refractivity contribution in [1.82, 2.24) is 9.97 Å². The molecule has 1 fully saturated rings. The van der Waals surface area contributed by atoms with Crippen LogP contribution in [-0.2, 0) is 0 Å². The maximum atomic E-state index is 13.1. The van der Waals surface area contributed by atoms with Gasteiger partial charge in [0.2, 0.25) is 5.88 Å². The summed E-state index contributed by atoms with van der Waals surface area (Å²) in [5.41, 5.74) is 4.32. The number of aromatic nitrogens is 2. The van der Waals surface area contributed by atoms with Gasteiger partial charge in [-0.15, -0.1) is 0 Å². The number of amides is 1. The molecule has 2 aliphatic rings. The molecule has 8 nitrogen and oxygen atoms in total. The van der Waals surface area contributed by atoms with Crippen molar-refractivity contribution in [2.75, 3.05) is 29.1 Å². The summed E-state index contributed by atoms with van der Waals surface area (Å²) in [6.07, 6.45) is 9.47. The van der Waals surface area contributed by atoms with Gasteiger partial charge in [-0.05, 0) is 49.4 Å². The van der Waals surface area contributed by atoms with E-state index in [1.165, 1.54) is 43.9 Å². The molecule has 2 aromatic heterocycles. The lowest BCUT2D eigenvalue weighted by atomic mass is 9.84. The van der Waals surface area contributed by atoms with E-state index in [0.717, 1.165) is 11.3 Å². The number of pyridine rings is 2. The summed E-state index contributed by atoms with van der Waals surface area (Å²) in [4.78, 5) is 32.7. The predicted molar refractivity (Wildman–Crippen MR) is 134 cm³/mol. The first-order valence-corrected chi connectivity index (χ1v) is 11.9. The number of carbonyl (C=O) groups is 1.